The van der Waals surface area contributed by atoms with Crippen LogP contribution in [0.5, 0.6) is 0 Å². The quantitative estimate of drug-likeness (QED) is 0.846. The van der Waals surface area contributed by atoms with E-state index in [1.54, 1.807) is 4.90 Å². The van der Waals surface area contributed by atoms with Crippen LogP contribution in [0.4, 0.5) is 0 Å². The number of benzene rings is 2. The molecule has 92 valence electrons. The van der Waals surface area contributed by atoms with Crippen molar-refractivity contribution in [2.75, 3.05) is 7.05 Å². The summed E-state index contributed by atoms with van der Waals surface area (Å²) in [6, 6.07) is 17.4. The molecule has 18 heavy (non-hydrogen) atoms. The molecule has 0 heterocycles. The highest BCUT2D eigenvalue weighted by Crippen LogP contribution is 2.14. The molecule has 2 aromatic rings. The maximum absolute atomic E-state index is 12.2. The van der Waals surface area contributed by atoms with Crippen molar-refractivity contribution in [1.82, 2.24) is 4.90 Å². The normalized spacial score (nSPS) is 10.1. The predicted octanol–water partition coefficient (Wildman–Crippen LogP) is 3.72. The van der Waals surface area contributed by atoms with Crippen LogP contribution in [0.15, 0.2) is 59.1 Å². The fourth-order valence-electron chi connectivity index (χ4n) is 1.77. The zero-order valence-electron chi connectivity index (χ0n) is 10.1. The lowest BCUT2D eigenvalue weighted by atomic mass is 10.1. The van der Waals surface area contributed by atoms with Crippen molar-refractivity contribution in [2.45, 2.75) is 6.54 Å². The van der Waals surface area contributed by atoms with Gasteiger partial charge in [0.2, 0.25) is 0 Å². The highest BCUT2D eigenvalue weighted by atomic mass is 79.9. The summed E-state index contributed by atoms with van der Waals surface area (Å²) < 4.78 is 0.918. The van der Waals surface area contributed by atoms with Crippen LogP contribution >= 0.6 is 15.9 Å². The first-order valence-electron chi connectivity index (χ1n) is 5.72. The highest BCUT2D eigenvalue weighted by molar-refractivity contribution is 9.10. The summed E-state index contributed by atoms with van der Waals surface area (Å²) >= 11 is 3.38. The fourth-order valence-corrected chi connectivity index (χ4v) is 2.17. The van der Waals surface area contributed by atoms with Gasteiger partial charge >= 0.3 is 0 Å². The lowest BCUT2D eigenvalue weighted by molar-refractivity contribution is 0.0785. The Labute approximate surface area is 115 Å². The van der Waals surface area contributed by atoms with Gasteiger partial charge in [0.15, 0.2) is 0 Å². The summed E-state index contributed by atoms with van der Waals surface area (Å²) in [5.41, 5.74) is 1.83. The SMILES string of the molecule is CN(Cc1ccccc1)C(=O)c1cccc(Br)c1. The molecule has 3 heteroatoms. The number of hydrogen-bond donors (Lipinski definition) is 0. The molecular formula is C15H14BrNO. The molecule has 0 atom stereocenters. The zero-order valence-corrected chi connectivity index (χ0v) is 11.7. The van der Waals surface area contributed by atoms with Gasteiger partial charge in [-0.3, -0.25) is 4.79 Å². The average Bonchev–Trinajstić information content (AvgIpc) is 2.39. The second-order valence-corrected chi connectivity index (χ2v) is 5.07. The minimum atomic E-state index is 0.0279. The Bertz CT molecular complexity index is 539. The topological polar surface area (TPSA) is 20.3 Å². The molecule has 0 aliphatic heterocycles. The van der Waals surface area contributed by atoms with Gasteiger partial charge in [0.25, 0.3) is 5.91 Å². The third kappa shape index (κ3) is 3.20. The van der Waals surface area contributed by atoms with Crippen LogP contribution in [0.1, 0.15) is 15.9 Å². The Morgan fingerprint density at radius 2 is 1.83 bits per heavy atom. The number of rotatable bonds is 3. The van der Waals surface area contributed by atoms with Gasteiger partial charge in [-0.2, -0.15) is 0 Å². The van der Waals surface area contributed by atoms with Gasteiger partial charge in [0, 0.05) is 23.6 Å². The molecule has 0 fully saturated rings. The van der Waals surface area contributed by atoms with E-state index in [9.17, 15) is 4.79 Å². The van der Waals surface area contributed by atoms with Crippen LogP contribution in [-0.2, 0) is 6.54 Å². The molecule has 1 amide bonds. The summed E-state index contributed by atoms with van der Waals surface area (Å²) in [6.45, 7) is 0.617. The predicted molar refractivity (Wildman–Crippen MR) is 76.4 cm³/mol. The smallest absolute Gasteiger partial charge is 0.253 e. The van der Waals surface area contributed by atoms with Crippen molar-refractivity contribution < 1.29 is 4.79 Å². The Hall–Kier alpha value is -1.61. The van der Waals surface area contributed by atoms with Gasteiger partial charge in [0.05, 0.1) is 0 Å². The summed E-state index contributed by atoms with van der Waals surface area (Å²) in [7, 11) is 1.82. The van der Waals surface area contributed by atoms with E-state index in [0.717, 1.165) is 10.0 Å². The molecule has 0 aliphatic carbocycles. The lowest BCUT2D eigenvalue weighted by Crippen LogP contribution is -2.26. The third-order valence-corrected chi connectivity index (χ3v) is 3.17. The van der Waals surface area contributed by atoms with Crippen LogP contribution in [0.3, 0.4) is 0 Å². The molecule has 2 aromatic carbocycles. The van der Waals surface area contributed by atoms with Crippen molar-refractivity contribution in [2.24, 2.45) is 0 Å². The molecule has 2 nitrogen and oxygen atoms in total. The summed E-state index contributed by atoms with van der Waals surface area (Å²) in [6.07, 6.45) is 0. The summed E-state index contributed by atoms with van der Waals surface area (Å²) in [4.78, 5) is 13.9. The van der Waals surface area contributed by atoms with E-state index < -0.39 is 0 Å². The Kier molecular flexibility index (Phi) is 4.15. The minimum absolute atomic E-state index is 0.0279. The maximum atomic E-state index is 12.2. The van der Waals surface area contributed by atoms with Gasteiger partial charge in [-0.1, -0.05) is 52.3 Å². The van der Waals surface area contributed by atoms with Crippen LogP contribution in [0.2, 0.25) is 0 Å². The molecule has 0 saturated heterocycles. The molecule has 2 rings (SSSR count). The molecule has 0 radical (unpaired) electrons. The molecular weight excluding hydrogens is 290 g/mol. The first kappa shape index (κ1) is 12.8. The summed E-state index contributed by atoms with van der Waals surface area (Å²) in [5, 5.41) is 0. The molecule has 0 bridgehead atoms. The van der Waals surface area contributed by atoms with Crippen molar-refractivity contribution in [3.05, 3.63) is 70.2 Å². The van der Waals surface area contributed by atoms with E-state index in [2.05, 4.69) is 15.9 Å². The first-order chi connectivity index (χ1) is 8.66. The van der Waals surface area contributed by atoms with E-state index >= 15 is 0 Å². The highest BCUT2D eigenvalue weighted by Gasteiger charge is 2.11. The second kappa shape index (κ2) is 5.83. The van der Waals surface area contributed by atoms with E-state index in [1.165, 1.54) is 0 Å². The van der Waals surface area contributed by atoms with Gasteiger partial charge in [-0.25, -0.2) is 0 Å². The molecule has 0 saturated carbocycles. The molecule has 0 aliphatic rings. The van der Waals surface area contributed by atoms with Gasteiger partial charge in [0.1, 0.15) is 0 Å². The molecule has 0 spiro atoms. The minimum Gasteiger partial charge on any atom is -0.337 e. The van der Waals surface area contributed by atoms with Gasteiger partial charge in [-0.05, 0) is 23.8 Å². The van der Waals surface area contributed by atoms with Gasteiger partial charge in [-0.15, -0.1) is 0 Å². The number of nitrogens with zero attached hydrogens (tertiary/aromatic N) is 1. The zero-order chi connectivity index (χ0) is 13.0. The third-order valence-electron chi connectivity index (χ3n) is 2.68. The number of carbonyl (C=O) groups is 1. The van der Waals surface area contributed by atoms with Crippen molar-refractivity contribution in [3.8, 4) is 0 Å². The van der Waals surface area contributed by atoms with E-state index in [-0.39, 0.29) is 5.91 Å². The Morgan fingerprint density at radius 3 is 2.50 bits per heavy atom. The Morgan fingerprint density at radius 1 is 1.11 bits per heavy atom. The maximum Gasteiger partial charge on any atom is 0.253 e. The van der Waals surface area contributed by atoms with E-state index in [0.29, 0.717) is 12.1 Å². The van der Waals surface area contributed by atoms with E-state index in [1.807, 2.05) is 61.6 Å². The lowest BCUT2D eigenvalue weighted by Gasteiger charge is -2.17. The number of amides is 1. The molecule has 0 aromatic heterocycles. The second-order valence-electron chi connectivity index (χ2n) is 4.16. The Balaban J connectivity index is 2.10. The monoisotopic (exact) mass is 303 g/mol. The summed E-state index contributed by atoms with van der Waals surface area (Å²) in [5.74, 6) is 0.0279. The van der Waals surface area contributed by atoms with Crippen molar-refractivity contribution in [3.63, 3.8) is 0 Å². The first-order valence-corrected chi connectivity index (χ1v) is 6.51. The van der Waals surface area contributed by atoms with Crippen LogP contribution in [0.25, 0.3) is 0 Å². The average molecular weight is 304 g/mol. The van der Waals surface area contributed by atoms with Crippen LogP contribution < -0.4 is 0 Å². The van der Waals surface area contributed by atoms with Crippen LogP contribution in [-0.4, -0.2) is 17.9 Å². The fraction of sp³-hybridized carbons (Fsp3) is 0.133. The number of halogens is 1. The van der Waals surface area contributed by atoms with Crippen molar-refractivity contribution >= 4 is 21.8 Å². The van der Waals surface area contributed by atoms with Gasteiger partial charge < -0.3 is 4.90 Å². The van der Waals surface area contributed by atoms with Crippen molar-refractivity contribution in [1.29, 1.82) is 0 Å². The van der Waals surface area contributed by atoms with Crippen LogP contribution in [0, 0.1) is 0 Å². The largest absolute Gasteiger partial charge is 0.337 e. The molecule has 0 N–H and O–H groups in total. The number of hydrogen-bond acceptors (Lipinski definition) is 1. The standard InChI is InChI=1S/C15H14BrNO/c1-17(11-12-6-3-2-4-7-12)15(18)13-8-5-9-14(16)10-13/h2-10H,11H2,1H3. The van der Waals surface area contributed by atoms with E-state index in [4.69, 9.17) is 0 Å². The number of carbonyl (C=O) groups excluding carboxylic acids is 1. The molecule has 0 unspecified atom stereocenters.